The lowest BCUT2D eigenvalue weighted by Crippen LogP contribution is -2.28. The van der Waals surface area contributed by atoms with Crippen LogP contribution in [0.4, 0.5) is 11.4 Å². The van der Waals surface area contributed by atoms with Crippen molar-refractivity contribution in [3.8, 4) is 17.0 Å². The zero-order valence-electron chi connectivity index (χ0n) is 22.9. The van der Waals surface area contributed by atoms with Crippen molar-refractivity contribution in [1.82, 2.24) is 24.6 Å². The van der Waals surface area contributed by atoms with Crippen LogP contribution in [0, 0.1) is 0 Å². The number of hydrogen-bond acceptors (Lipinski definition) is 8. The molecule has 1 saturated carbocycles. The van der Waals surface area contributed by atoms with Crippen LogP contribution in [0.15, 0.2) is 53.9 Å². The van der Waals surface area contributed by atoms with E-state index in [4.69, 9.17) is 4.74 Å². The molecule has 4 aromatic rings. The molecule has 1 N–H and O–H groups in total. The highest BCUT2D eigenvalue weighted by molar-refractivity contribution is 7.92. The lowest BCUT2D eigenvalue weighted by atomic mass is 9.92. The highest BCUT2D eigenvalue weighted by Crippen LogP contribution is 2.58. The molecular weight excluding hydrogens is 530 g/mol. The molecule has 0 atom stereocenters. The average molecular weight is 562 g/mol. The van der Waals surface area contributed by atoms with Crippen LogP contribution in [-0.4, -0.2) is 73.3 Å². The molecule has 0 unspecified atom stereocenters. The monoisotopic (exact) mass is 561 g/mol. The van der Waals surface area contributed by atoms with E-state index in [9.17, 15) is 13.2 Å². The van der Waals surface area contributed by atoms with Gasteiger partial charge in [0.15, 0.2) is 5.03 Å². The Labute approximate surface area is 232 Å². The number of pyridine rings is 2. The number of likely N-dealkylation sites (N-methyl/N-ethyl adjacent to an activating group) is 1. The number of nitrogens with one attached hydrogen (secondary N) is 1. The fraction of sp³-hybridized carbons (Fsp3) is 0.357. The number of amides is 1. The van der Waals surface area contributed by atoms with Crippen LogP contribution in [-0.2, 0) is 27.3 Å². The summed E-state index contributed by atoms with van der Waals surface area (Å²) in [5.74, 6) is 0.306. The standard InChI is InChI=1S/C28H31N7O4S/c1-33(2)11-5-13-39-26-22(32-40(37,38)24-8-12-34(3)31-24)15-19(16-30-26)18-6-7-21-20(14-18)25-23(17-29-21)35(4)27(36)28(25)9-10-28/h6-8,12,14-17,32H,5,9-11,13H2,1-4H3. The number of benzene rings is 1. The second-order valence-electron chi connectivity index (χ2n) is 10.7. The molecule has 0 radical (unpaired) electrons. The topological polar surface area (TPSA) is 123 Å². The maximum Gasteiger partial charge on any atom is 0.281 e. The molecule has 11 nitrogen and oxygen atoms in total. The maximum atomic E-state index is 13.2. The molecule has 2 aliphatic rings. The molecule has 1 amide bonds. The number of aryl methyl sites for hydroxylation is 1. The van der Waals surface area contributed by atoms with Crippen molar-refractivity contribution in [3.63, 3.8) is 0 Å². The first-order chi connectivity index (χ1) is 19.1. The van der Waals surface area contributed by atoms with Gasteiger partial charge in [0.25, 0.3) is 10.0 Å². The third kappa shape index (κ3) is 4.46. The number of hydrogen-bond donors (Lipinski definition) is 1. The predicted molar refractivity (Wildman–Crippen MR) is 152 cm³/mol. The Hall–Kier alpha value is -4.03. The second kappa shape index (κ2) is 9.56. The largest absolute Gasteiger partial charge is 0.476 e. The molecule has 1 spiro atoms. The van der Waals surface area contributed by atoms with E-state index in [1.807, 2.05) is 37.2 Å². The van der Waals surface area contributed by atoms with Gasteiger partial charge in [-0.15, -0.1) is 0 Å². The number of carbonyl (C=O) groups excluding carboxylic acids is 1. The lowest BCUT2D eigenvalue weighted by Gasteiger charge is -2.15. The quantitative estimate of drug-likeness (QED) is 0.309. The molecule has 6 rings (SSSR count). The Kier molecular flexibility index (Phi) is 6.26. The summed E-state index contributed by atoms with van der Waals surface area (Å²) in [5.41, 5.74) is 3.95. The van der Waals surface area contributed by atoms with Crippen LogP contribution in [0.2, 0.25) is 0 Å². The van der Waals surface area contributed by atoms with Crippen LogP contribution >= 0.6 is 0 Å². The summed E-state index contributed by atoms with van der Waals surface area (Å²) in [6, 6.07) is 9.01. The van der Waals surface area contributed by atoms with E-state index in [1.165, 1.54) is 10.7 Å². The Morgan fingerprint density at radius 1 is 1.07 bits per heavy atom. The van der Waals surface area contributed by atoms with Crippen molar-refractivity contribution in [2.45, 2.75) is 29.7 Å². The van der Waals surface area contributed by atoms with E-state index in [0.717, 1.165) is 53.5 Å². The molecule has 1 aliphatic heterocycles. The third-order valence-corrected chi connectivity index (χ3v) is 8.79. The summed E-state index contributed by atoms with van der Waals surface area (Å²) in [6.07, 6.45) is 7.41. The molecule has 1 aromatic carbocycles. The number of aromatic nitrogens is 4. The summed E-state index contributed by atoms with van der Waals surface area (Å²) in [4.78, 5) is 25.9. The van der Waals surface area contributed by atoms with Crippen molar-refractivity contribution in [3.05, 3.63) is 54.5 Å². The minimum Gasteiger partial charge on any atom is -0.476 e. The minimum absolute atomic E-state index is 0.102. The summed E-state index contributed by atoms with van der Waals surface area (Å²) >= 11 is 0. The SMILES string of the molecule is CN(C)CCCOc1ncc(-c2ccc3ncc4c(c3c2)C2(CC2)C(=O)N4C)cc1NS(=O)(=O)c1ccn(C)n1. The molecule has 208 valence electrons. The van der Waals surface area contributed by atoms with E-state index in [1.54, 1.807) is 43.7 Å². The molecular formula is C28H31N7O4S. The number of fused-ring (bicyclic) bond motifs is 4. The number of carbonyl (C=O) groups is 1. The zero-order chi connectivity index (χ0) is 28.2. The number of rotatable bonds is 9. The van der Waals surface area contributed by atoms with Crippen LogP contribution < -0.4 is 14.4 Å². The summed E-state index contributed by atoms with van der Waals surface area (Å²) in [7, 11) is 3.43. The molecule has 3 aromatic heterocycles. The van der Waals surface area contributed by atoms with Gasteiger partial charge in [0, 0.05) is 49.5 Å². The summed E-state index contributed by atoms with van der Waals surface area (Å²) in [6.45, 7) is 1.20. The van der Waals surface area contributed by atoms with Gasteiger partial charge in [-0.05, 0) is 63.2 Å². The number of ether oxygens (including phenoxy) is 1. The first-order valence-electron chi connectivity index (χ1n) is 13.1. The third-order valence-electron chi connectivity index (χ3n) is 7.53. The lowest BCUT2D eigenvalue weighted by molar-refractivity contribution is -0.119. The Bertz CT molecular complexity index is 1740. The van der Waals surface area contributed by atoms with Gasteiger partial charge in [-0.3, -0.25) is 19.2 Å². The Morgan fingerprint density at radius 2 is 1.88 bits per heavy atom. The van der Waals surface area contributed by atoms with E-state index in [2.05, 4.69) is 19.8 Å². The molecule has 12 heteroatoms. The molecule has 0 bridgehead atoms. The normalized spacial score (nSPS) is 15.7. The Morgan fingerprint density at radius 3 is 2.58 bits per heavy atom. The molecule has 0 saturated heterocycles. The Balaban J connectivity index is 1.40. The smallest absolute Gasteiger partial charge is 0.281 e. The highest BCUT2D eigenvalue weighted by Gasteiger charge is 2.59. The second-order valence-corrected chi connectivity index (χ2v) is 12.3. The number of sulfonamides is 1. The van der Waals surface area contributed by atoms with Gasteiger partial charge < -0.3 is 14.5 Å². The first-order valence-corrected chi connectivity index (χ1v) is 14.6. The van der Waals surface area contributed by atoms with Crippen molar-refractivity contribution in [2.75, 3.05) is 43.9 Å². The van der Waals surface area contributed by atoms with Crippen LogP contribution in [0.1, 0.15) is 24.8 Å². The van der Waals surface area contributed by atoms with Crippen molar-refractivity contribution >= 4 is 38.2 Å². The van der Waals surface area contributed by atoms with Crippen molar-refractivity contribution in [1.29, 1.82) is 0 Å². The van der Waals surface area contributed by atoms with E-state index >= 15 is 0 Å². The molecule has 40 heavy (non-hydrogen) atoms. The fourth-order valence-electron chi connectivity index (χ4n) is 5.33. The van der Waals surface area contributed by atoms with E-state index in [0.29, 0.717) is 12.2 Å². The van der Waals surface area contributed by atoms with Gasteiger partial charge in [-0.25, -0.2) is 4.98 Å². The van der Waals surface area contributed by atoms with E-state index < -0.39 is 15.4 Å². The van der Waals surface area contributed by atoms with Gasteiger partial charge in [0.1, 0.15) is 5.69 Å². The summed E-state index contributed by atoms with van der Waals surface area (Å²) in [5, 5.41) is 4.86. The van der Waals surface area contributed by atoms with E-state index in [-0.39, 0.29) is 22.5 Å². The minimum atomic E-state index is -3.98. The van der Waals surface area contributed by atoms with Gasteiger partial charge in [0.05, 0.1) is 29.4 Å². The predicted octanol–water partition coefficient (Wildman–Crippen LogP) is 3.17. The van der Waals surface area contributed by atoms with Gasteiger partial charge >= 0.3 is 0 Å². The maximum absolute atomic E-state index is 13.2. The first kappa shape index (κ1) is 26.2. The van der Waals surface area contributed by atoms with Crippen LogP contribution in [0.5, 0.6) is 5.88 Å². The van der Waals surface area contributed by atoms with Crippen LogP contribution in [0.3, 0.4) is 0 Å². The van der Waals surface area contributed by atoms with Gasteiger partial charge in [-0.2, -0.15) is 13.5 Å². The zero-order valence-corrected chi connectivity index (χ0v) is 23.7. The molecule has 4 heterocycles. The van der Waals surface area contributed by atoms with Gasteiger partial charge in [-0.1, -0.05) is 6.07 Å². The molecule has 1 fully saturated rings. The summed E-state index contributed by atoms with van der Waals surface area (Å²) < 4.78 is 36.3. The number of nitrogens with zero attached hydrogens (tertiary/aromatic N) is 6. The molecule has 1 aliphatic carbocycles. The van der Waals surface area contributed by atoms with Crippen LogP contribution in [0.25, 0.3) is 22.0 Å². The van der Waals surface area contributed by atoms with Crippen molar-refractivity contribution in [2.24, 2.45) is 7.05 Å². The highest BCUT2D eigenvalue weighted by atomic mass is 32.2. The van der Waals surface area contributed by atoms with Gasteiger partial charge in [0.2, 0.25) is 11.8 Å². The number of anilines is 2. The van der Waals surface area contributed by atoms with Crippen molar-refractivity contribution < 1.29 is 17.9 Å². The average Bonchev–Trinajstić information content (AvgIpc) is 3.55. The fourth-order valence-corrected chi connectivity index (χ4v) is 6.34.